The number of hydrogen-bond donors (Lipinski definition) is 1. The highest BCUT2D eigenvalue weighted by Crippen LogP contribution is 2.51. The molecule has 2 fully saturated rings. The fourth-order valence-electron chi connectivity index (χ4n) is 6.03. The van der Waals surface area contributed by atoms with Crippen molar-refractivity contribution in [3.63, 3.8) is 0 Å². The lowest BCUT2D eigenvalue weighted by atomic mass is 9.79. The van der Waals surface area contributed by atoms with Crippen molar-refractivity contribution in [3.05, 3.63) is 60.0 Å². The number of thiazole rings is 1. The van der Waals surface area contributed by atoms with Crippen LogP contribution < -0.4 is 4.72 Å². The zero-order valence-corrected chi connectivity index (χ0v) is 20.3. The van der Waals surface area contributed by atoms with Crippen LogP contribution in [0.25, 0.3) is 21.0 Å². The Labute approximate surface area is 205 Å². The molecule has 2 bridgehead atoms. The van der Waals surface area contributed by atoms with E-state index in [2.05, 4.69) is 26.8 Å². The van der Waals surface area contributed by atoms with Gasteiger partial charge in [0.1, 0.15) is 11.6 Å². The molecule has 184 valence electrons. The third-order valence-electron chi connectivity index (χ3n) is 7.61. The Kier molecular flexibility index (Phi) is 5.33. The topological polar surface area (TPSA) is 75.2 Å². The van der Waals surface area contributed by atoms with Crippen molar-refractivity contribution in [1.29, 1.82) is 0 Å². The van der Waals surface area contributed by atoms with Crippen LogP contribution in [0.3, 0.4) is 0 Å². The molecular weight excluding hydrogens is 497 g/mol. The minimum Gasteiger partial charge on any atom is -0.264 e. The molecule has 6 rings (SSSR count). The number of alkyl halides is 3. The molecule has 3 atom stereocenters. The smallest absolute Gasteiger partial charge is 0.264 e. The maximum atomic E-state index is 13.1. The van der Waals surface area contributed by atoms with Crippen molar-refractivity contribution in [2.75, 3.05) is 13.1 Å². The summed E-state index contributed by atoms with van der Waals surface area (Å²) in [5.41, 5.74) is 3.39. The van der Waals surface area contributed by atoms with Crippen LogP contribution in [0, 0.1) is 11.8 Å². The van der Waals surface area contributed by atoms with Gasteiger partial charge in [-0.1, -0.05) is 18.2 Å². The number of nitrogens with zero attached hydrogens (tertiary/aromatic N) is 3. The first-order chi connectivity index (χ1) is 16.6. The van der Waals surface area contributed by atoms with Crippen LogP contribution in [0.5, 0.6) is 0 Å². The van der Waals surface area contributed by atoms with Gasteiger partial charge in [-0.3, -0.25) is 4.98 Å². The summed E-state index contributed by atoms with van der Waals surface area (Å²) in [6.07, 6.45) is 3.65. The van der Waals surface area contributed by atoms with Crippen molar-refractivity contribution >= 4 is 21.5 Å². The predicted molar refractivity (Wildman–Crippen MR) is 127 cm³/mol. The minimum atomic E-state index is -4.58. The Bertz CT molecular complexity index is 1380. The lowest BCUT2D eigenvalue weighted by Gasteiger charge is -2.33. The number of halogens is 3. The molecule has 11 heteroatoms. The van der Waals surface area contributed by atoms with E-state index in [1.807, 2.05) is 24.4 Å². The van der Waals surface area contributed by atoms with E-state index in [0.717, 1.165) is 45.0 Å². The van der Waals surface area contributed by atoms with Crippen molar-refractivity contribution in [3.8, 4) is 21.0 Å². The van der Waals surface area contributed by atoms with E-state index < -0.39 is 28.5 Å². The number of rotatable bonds is 3. The van der Waals surface area contributed by atoms with Crippen molar-refractivity contribution < 1.29 is 21.6 Å². The zero-order chi connectivity index (χ0) is 24.4. The maximum Gasteiger partial charge on any atom is 0.402 e. The van der Waals surface area contributed by atoms with Gasteiger partial charge in [0.25, 0.3) is 10.2 Å². The highest BCUT2D eigenvalue weighted by atomic mass is 32.2. The second-order valence-electron chi connectivity index (χ2n) is 9.67. The molecule has 0 unspecified atom stereocenters. The first-order valence-electron chi connectivity index (χ1n) is 11.5. The molecule has 2 aromatic heterocycles. The van der Waals surface area contributed by atoms with Crippen LogP contribution in [-0.2, 0) is 23.1 Å². The summed E-state index contributed by atoms with van der Waals surface area (Å²) in [6, 6.07) is 10.1. The van der Waals surface area contributed by atoms with Gasteiger partial charge in [-0.05, 0) is 60.8 Å². The Morgan fingerprint density at radius 2 is 1.86 bits per heavy atom. The number of hydrogen-bond acceptors (Lipinski definition) is 5. The summed E-state index contributed by atoms with van der Waals surface area (Å²) in [5.74, 6) is -0.0936. The normalized spacial score (nSPS) is 27.7. The van der Waals surface area contributed by atoms with Gasteiger partial charge in [0.2, 0.25) is 0 Å². The Balaban J connectivity index is 1.30. The van der Waals surface area contributed by atoms with E-state index in [0.29, 0.717) is 17.1 Å². The average Bonchev–Trinajstić information content (AvgIpc) is 3.43. The summed E-state index contributed by atoms with van der Waals surface area (Å²) in [7, 11) is -4.18. The fourth-order valence-corrected chi connectivity index (χ4v) is 8.64. The summed E-state index contributed by atoms with van der Waals surface area (Å²) in [6.45, 7) is -1.59. The average molecular weight is 521 g/mol. The third kappa shape index (κ3) is 4.08. The van der Waals surface area contributed by atoms with Gasteiger partial charge in [0.05, 0.1) is 10.4 Å². The summed E-state index contributed by atoms with van der Waals surface area (Å²) in [5, 5.41) is 0.883. The van der Waals surface area contributed by atoms with Gasteiger partial charge in [-0.2, -0.15) is 30.6 Å². The molecule has 0 amide bonds. The van der Waals surface area contributed by atoms with E-state index in [9.17, 15) is 21.6 Å². The number of pyridine rings is 1. The van der Waals surface area contributed by atoms with Gasteiger partial charge in [0.15, 0.2) is 0 Å². The number of aromatic nitrogens is 2. The quantitative estimate of drug-likeness (QED) is 0.554. The Morgan fingerprint density at radius 1 is 1.09 bits per heavy atom. The van der Waals surface area contributed by atoms with Crippen LogP contribution >= 0.6 is 11.3 Å². The van der Waals surface area contributed by atoms with E-state index in [-0.39, 0.29) is 18.4 Å². The molecule has 2 aliphatic carbocycles. The number of benzene rings is 1. The fraction of sp³-hybridized carbons (Fsp3) is 0.417. The first-order valence-corrected chi connectivity index (χ1v) is 13.7. The summed E-state index contributed by atoms with van der Waals surface area (Å²) < 4.78 is 67.9. The van der Waals surface area contributed by atoms with Gasteiger partial charge in [-0.25, -0.2) is 4.98 Å². The maximum absolute atomic E-state index is 13.1. The van der Waals surface area contributed by atoms with Gasteiger partial charge < -0.3 is 0 Å². The van der Waals surface area contributed by atoms with Crippen molar-refractivity contribution in [2.45, 2.75) is 37.4 Å². The first kappa shape index (κ1) is 23.1. The van der Waals surface area contributed by atoms with E-state index in [4.69, 9.17) is 0 Å². The summed E-state index contributed by atoms with van der Waals surface area (Å²) in [4.78, 5) is 9.79. The van der Waals surface area contributed by atoms with Gasteiger partial charge >= 0.3 is 6.18 Å². The lowest BCUT2D eigenvalue weighted by Crippen LogP contribution is -2.52. The Hall–Kier alpha value is -2.34. The van der Waals surface area contributed by atoms with Crippen molar-refractivity contribution in [2.24, 2.45) is 11.8 Å². The predicted octanol–water partition coefficient (Wildman–Crippen LogP) is 4.45. The second-order valence-corrected chi connectivity index (χ2v) is 12.4. The molecule has 1 aromatic carbocycles. The van der Waals surface area contributed by atoms with Gasteiger partial charge in [-0.15, -0.1) is 11.3 Å². The number of fused-ring (bicyclic) bond motifs is 1. The molecular formula is C24H23F3N4O2S2. The van der Waals surface area contributed by atoms with Crippen LogP contribution in [0.4, 0.5) is 13.2 Å². The summed E-state index contributed by atoms with van der Waals surface area (Å²) >= 11 is 1.58. The molecule has 3 aliphatic rings. The monoisotopic (exact) mass is 520 g/mol. The molecule has 35 heavy (non-hydrogen) atoms. The molecule has 1 aliphatic heterocycles. The van der Waals surface area contributed by atoms with Crippen LogP contribution in [0.15, 0.2) is 48.9 Å². The molecule has 1 spiro atoms. The molecule has 1 saturated carbocycles. The van der Waals surface area contributed by atoms with Gasteiger partial charge in [0, 0.05) is 36.3 Å². The van der Waals surface area contributed by atoms with E-state index >= 15 is 0 Å². The van der Waals surface area contributed by atoms with E-state index in [1.165, 1.54) is 0 Å². The van der Waals surface area contributed by atoms with Crippen LogP contribution in [-0.4, -0.2) is 47.5 Å². The zero-order valence-electron chi connectivity index (χ0n) is 18.6. The lowest BCUT2D eigenvalue weighted by molar-refractivity contribution is -0.136. The largest absolute Gasteiger partial charge is 0.402 e. The highest BCUT2D eigenvalue weighted by Gasteiger charge is 2.60. The molecule has 1 saturated heterocycles. The molecule has 1 N–H and O–H groups in total. The van der Waals surface area contributed by atoms with Crippen LogP contribution in [0.2, 0.25) is 0 Å². The molecule has 3 heterocycles. The third-order valence-corrected chi connectivity index (χ3v) is 10.3. The number of nitrogens with one attached hydrogen (secondary N) is 1. The Morgan fingerprint density at radius 3 is 2.57 bits per heavy atom. The van der Waals surface area contributed by atoms with Crippen LogP contribution in [0.1, 0.15) is 24.0 Å². The molecule has 6 nitrogen and oxygen atoms in total. The molecule has 3 aromatic rings. The highest BCUT2D eigenvalue weighted by molar-refractivity contribution is 7.87. The van der Waals surface area contributed by atoms with E-state index in [1.54, 1.807) is 23.7 Å². The molecule has 0 radical (unpaired) electrons. The minimum absolute atomic E-state index is 0.0374. The van der Waals surface area contributed by atoms with Crippen molar-refractivity contribution in [1.82, 2.24) is 19.0 Å². The SMILES string of the molecule is O=S1(=O)N[C@]2(CN1CC(F)(F)F)[C@@H]1CC[C@H]2Cc2cc(-c3ncc(-c4cccnc4)s3)ccc2C1. The standard InChI is InChI=1S/C24H23F3N4O2S2/c25-24(26,27)14-31-13-23(30-35(31,32)33)19-5-6-20(23)10-18-8-16(4-3-15(18)9-19)22-29-12-21(34-22)17-2-1-7-28-11-17/h1-4,7-8,11-12,19-20,30H,5-6,9-10,13-14H2/t19-,20+,23-/m1/s1. The second kappa shape index (κ2) is 8.09.